The van der Waals surface area contributed by atoms with Crippen molar-refractivity contribution in [3.63, 3.8) is 0 Å². The molecule has 1 aromatic heterocycles. The summed E-state index contributed by atoms with van der Waals surface area (Å²) >= 11 is 1.24. The Bertz CT molecular complexity index is 1370. The monoisotopic (exact) mass is 487 g/mol. The number of hydrogen-bond donors (Lipinski definition) is 0. The highest BCUT2D eigenvalue weighted by atomic mass is 32.2. The topological polar surface area (TPSA) is 49.0 Å². The van der Waals surface area contributed by atoms with Gasteiger partial charge in [0.1, 0.15) is 11.6 Å². The molecule has 2 aliphatic heterocycles. The highest BCUT2D eigenvalue weighted by Gasteiger charge is 2.35. The van der Waals surface area contributed by atoms with Crippen LogP contribution >= 0.6 is 11.8 Å². The van der Waals surface area contributed by atoms with Crippen molar-refractivity contribution < 1.29 is 13.6 Å². The lowest BCUT2D eigenvalue weighted by Crippen LogP contribution is -2.42. The third kappa shape index (κ3) is 4.44. The van der Waals surface area contributed by atoms with E-state index in [0.29, 0.717) is 21.4 Å². The predicted octanol–water partition coefficient (Wildman–Crippen LogP) is 6.85. The minimum Gasteiger partial charge on any atom is -0.467 e. The minimum atomic E-state index is -0.368. The molecule has 0 aliphatic carbocycles. The molecule has 1 fully saturated rings. The highest BCUT2D eigenvalue weighted by molar-refractivity contribution is 8.18. The molecule has 0 radical (unpaired) electrons. The SMILES string of the molecule is CC1=CC(C)(C)N(C)c2cc(F)c(/C=C3/SC(=Nc4ccccc4)N(Cc4ccco4)C3=O)cc21. The molecule has 35 heavy (non-hydrogen) atoms. The number of thioether (sulfide) groups is 1. The van der Waals surface area contributed by atoms with Crippen molar-refractivity contribution in [3.05, 3.63) is 94.5 Å². The molecule has 0 bridgehead atoms. The van der Waals surface area contributed by atoms with Crippen LogP contribution in [0, 0.1) is 5.82 Å². The van der Waals surface area contributed by atoms with Crippen molar-refractivity contribution in [2.75, 3.05) is 11.9 Å². The van der Waals surface area contributed by atoms with E-state index in [4.69, 9.17) is 4.42 Å². The Morgan fingerprint density at radius 1 is 1.14 bits per heavy atom. The van der Waals surface area contributed by atoms with Gasteiger partial charge in [0, 0.05) is 23.9 Å². The van der Waals surface area contributed by atoms with Crippen LogP contribution in [0.1, 0.15) is 37.7 Å². The smallest absolute Gasteiger partial charge is 0.267 e. The molecule has 7 heteroatoms. The van der Waals surface area contributed by atoms with Crippen LogP contribution in [0.4, 0.5) is 15.8 Å². The van der Waals surface area contributed by atoms with Crippen LogP contribution in [0.15, 0.2) is 81.3 Å². The van der Waals surface area contributed by atoms with Gasteiger partial charge in [-0.2, -0.15) is 0 Å². The zero-order valence-electron chi connectivity index (χ0n) is 20.1. The van der Waals surface area contributed by atoms with Gasteiger partial charge in [-0.25, -0.2) is 9.38 Å². The van der Waals surface area contributed by atoms with E-state index in [1.165, 1.54) is 11.8 Å². The van der Waals surface area contributed by atoms with Crippen LogP contribution < -0.4 is 4.90 Å². The number of likely N-dealkylation sites (N-methyl/N-ethyl adjacent to an activating group) is 1. The van der Waals surface area contributed by atoms with Crippen molar-refractivity contribution in [2.24, 2.45) is 4.99 Å². The second-order valence-corrected chi connectivity index (χ2v) is 10.3. The van der Waals surface area contributed by atoms with E-state index in [2.05, 4.69) is 29.8 Å². The van der Waals surface area contributed by atoms with Gasteiger partial charge in [0.2, 0.25) is 0 Å². The lowest BCUT2D eigenvalue weighted by atomic mass is 9.88. The van der Waals surface area contributed by atoms with Crippen molar-refractivity contribution in [1.29, 1.82) is 0 Å². The number of amides is 1. The number of benzene rings is 2. The molecule has 0 unspecified atom stereocenters. The van der Waals surface area contributed by atoms with Gasteiger partial charge in [-0.05, 0) is 80.6 Å². The molecule has 0 N–H and O–H groups in total. The van der Waals surface area contributed by atoms with E-state index in [1.807, 2.05) is 56.4 Å². The molecule has 3 aromatic rings. The van der Waals surface area contributed by atoms with Crippen molar-refractivity contribution in [3.8, 4) is 0 Å². The fraction of sp³-hybridized carbons (Fsp3) is 0.214. The molecule has 1 saturated heterocycles. The maximum atomic E-state index is 15.3. The molecule has 1 amide bonds. The van der Waals surface area contributed by atoms with Crippen molar-refractivity contribution in [2.45, 2.75) is 32.9 Å². The Balaban J connectivity index is 1.54. The Morgan fingerprint density at radius 3 is 2.63 bits per heavy atom. The minimum absolute atomic E-state index is 0.212. The fourth-order valence-corrected chi connectivity index (χ4v) is 5.33. The Labute approximate surface area is 208 Å². The van der Waals surface area contributed by atoms with Gasteiger partial charge in [0.15, 0.2) is 5.17 Å². The highest BCUT2D eigenvalue weighted by Crippen LogP contribution is 2.41. The van der Waals surface area contributed by atoms with Crippen LogP contribution in [0.2, 0.25) is 0 Å². The summed E-state index contributed by atoms with van der Waals surface area (Å²) in [5.41, 5.74) is 3.78. The third-order valence-electron chi connectivity index (χ3n) is 6.39. The number of carbonyl (C=O) groups is 1. The van der Waals surface area contributed by atoms with Gasteiger partial charge >= 0.3 is 0 Å². The molecular weight excluding hydrogens is 461 g/mol. The Morgan fingerprint density at radius 2 is 1.91 bits per heavy atom. The maximum absolute atomic E-state index is 15.3. The summed E-state index contributed by atoms with van der Waals surface area (Å²) in [7, 11) is 1.97. The molecule has 0 spiro atoms. The van der Waals surface area contributed by atoms with Gasteiger partial charge in [0.25, 0.3) is 5.91 Å². The fourth-order valence-electron chi connectivity index (χ4n) is 4.34. The largest absolute Gasteiger partial charge is 0.467 e. The molecule has 5 nitrogen and oxygen atoms in total. The summed E-state index contributed by atoms with van der Waals surface area (Å²) in [5.74, 6) is 0.0455. The van der Waals surface area contributed by atoms with E-state index in [0.717, 1.165) is 22.5 Å². The summed E-state index contributed by atoms with van der Waals surface area (Å²) < 4.78 is 20.8. The molecule has 5 rings (SSSR count). The number of amidine groups is 1. The number of allylic oxidation sites excluding steroid dienone is 1. The van der Waals surface area contributed by atoms with Crippen molar-refractivity contribution >= 4 is 45.9 Å². The van der Waals surface area contributed by atoms with Gasteiger partial charge in [-0.1, -0.05) is 24.3 Å². The summed E-state index contributed by atoms with van der Waals surface area (Å²) in [6.07, 6.45) is 5.37. The summed E-state index contributed by atoms with van der Waals surface area (Å²) in [5, 5.41) is 0.528. The number of anilines is 1. The average molecular weight is 488 g/mol. The van der Waals surface area contributed by atoms with Gasteiger partial charge in [-0.3, -0.25) is 9.69 Å². The van der Waals surface area contributed by atoms with Crippen LogP contribution in [0.25, 0.3) is 11.6 Å². The lowest BCUT2D eigenvalue weighted by Gasteiger charge is -2.40. The van der Waals surface area contributed by atoms with Gasteiger partial charge in [-0.15, -0.1) is 0 Å². The van der Waals surface area contributed by atoms with E-state index in [-0.39, 0.29) is 23.8 Å². The van der Waals surface area contributed by atoms with E-state index in [1.54, 1.807) is 29.4 Å². The number of carbonyl (C=O) groups excluding carboxylic acids is 1. The molecule has 2 aromatic carbocycles. The number of para-hydroxylation sites is 1. The normalized spacial score (nSPS) is 19.5. The zero-order valence-corrected chi connectivity index (χ0v) is 20.9. The Kier molecular flexibility index (Phi) is 5.89. The first-order valence-electron chi connectivity index (χ1n) is 11.4. The number of aliphatic imine (C=N–C) groups is 1. The average Bonchev–Trinajstić information content (AvgIpc) is 3.43. The second-order valence-electron chi connectivity index (χ2n) is 9.24. The maximum Gasteiger partial charge on any atom is 0.267 e. The summed E-state index contributed by atoms with van der Waals surface area (Å²) in [4.78, 5) is 22.1. The van der Waals surface area contributed by atoms with Gasteiger partial charge < -0.3 is 9.32 Å². The number of nitrogens with zero attached hydrogens (tertiary/aromatic N) is 3. The van der Waals surface area contributed by atoms with E-state index in [9.17, 15) is 4.79 Å². The summed E-state index contributed by atoms with van der Waals surface area (Å²) in [6.45, 7) is 6.48. The molecular formula is C28H26FN3O2S. The standard InChI is InChI=1S/C28H26FN3O2S/c1-18-16-28(2,3)31(4)24-15-23(29)19(13-22(18)24)14-25-26(33)32(17-21-11-8-12-34-21)27(35-25)30-20-9-6-5-7-10-20/h5-16H,17H2,1-4H3/b25-14+,30-27?. The van der Waals surface area contributed by atoms with E-state index < -0.39 is 0 Å². The number of furan rings is 1. The number of halogens is 1. The van der Waals surface area contributed by atoms with E-state index >= 15 is 4.39 Å². The van der Waals surface area contributed by atoms with Crippen LogP contribution in [-0.4, -0.2) is 28.6 Å². The predicted molar refractivity (Wildman–Crippen MR) is 141 cm³/mol. The second kappa shape index (κ2) is 8.89. The lowest BCUT2D eigenvalue weighted by molar-refractivity contribution is -0.122. The quantitative estimate of drug-likeness (QED) is 0.378. The number of fused-ring (bicyclic) bond motifs is 1. The number of rotatable bonds is 4. The molecule has 2 aliphatic rings. The third-order valence-corrected chi connectivity index (χ3v) is 7.39. The zero-order chi connectivity index (χ0) is 24.7. The van der Waals surface area contributed by atoms with Crippen LogP contribution in [0.5, 0.6) is 0 Å². The molecule has 0 atom stereocenters. The van der Waals surface area contributed by atoms with Gasteiger partial charge in [0.05, 0.1) is 28.9 Å². The van der Waals surface area contributed by atoms with Crippen LogP contribution in [0.3, 0.4) is 0 Å². The molecule has 0 saturated carbocycles. The first-order valence-corrected chi connectivity index (χ1v) is 12.2. The Hall–Kier alpha value is -3.58. The first-order chi connectivity index (χ1) is 16.7. The number of hydrogen-bond acceptors (Lipinski definition) is 5. The molecule has 178 valence electrons. The molecule has 3 heterocycles. The first kappa shape index (κ1) is 23.2. The summed E-state index contributed by atoms with van der Waals surface area (Å²) in [6, 6.07) is 16.4. The van der Waals surface area contributed by atoms with Crippen LogP contribution in [-0.2, 0) is 11.3 Å². The van der Waals surface area contributed by atoms with Crippen molar-refractivity contribution in [1.82, 2.24) is 4.90 Å².